The number of benzene rings is 1. The second kappa shape index (κ2) is 6.93. The average Bonchev–Trinajstić information content (AvgIpc) is 3.25. The highest BCUT2D eigenvalue weighted by Gasteiger charge is 2.15. The molecule has 0 fully saturated rings. The van der Waals surface area contributed by atoms with Crippen LogP contribution in [-0.4, -0.2) is 34.6 Å². The van der Waals surface area contributed by atoms with Crippen LogP contribution >= 0.6 is 11.6 Å². The second-order valence-corrected chi connectivity index (χ2v) is 6.54. The van der Waals surface area contributed by atoms with Gasteiger partial charge in [0, 0.05) is 17.0 Å². The smallest absolute Gasteiger partial charge is 0.280 e. The summed E-state index contributed by atoms with van der Waals surface area (Å²) in [6, 6.07) is 6.89. The minimum absolute atomic E-state index is 0.0804. The third-order valence-electron chi connectivity index (χ3n) is 4.14. The maximum Gasteiger partial charge on any atom is 0.280 e. The number of aromatic nitrogens is 6. The fourth-order valence-corrected chi connectivity index (χ4v) is 2.86. The zero-order chi connectivity index (χ0) is 19.0. The molecule has 1 N–H and O–H groups in total. The van der Waals surface area contributed by atoms with Gasteiger partial charge in [-0.15, -0.1) is 9.73 Å². The third kappa shape index (κ3) is 3.46. The number of fused-ring (bicyclic) bond motifs is 1. The fraction of sp³-hybridized carbons (Fsp3) is 0.235. The lowest BCUT2D eigenvalue weighted by Crippen LogP contribution is -2.24. The van der Waals surface area contributed by atoms with Gasteiger partial charge in [-0.2, -0.15) is 10.1 Å². The van der Waals surface area contributed by atoms with Crippen LogP contribution < -0.4 is 5.56 Å². The van der Waals surface area contributed by atoms with Crippen molar-refractivity contribution >= 4 is 17.1 Å². The first-order valence-electron chi connectivity index (χ1n) is 8.16. The summed E-state index contributed by atoms with van der Waals surface area (Å²) in [5.41, 5.74) is 1.59. The van der Waals surface area contributed by atoms with E-state index < -0.39 is 6.10 Å². The summed E-state index contributed by atoms with van der Waals surface area (Å²) in [6.45, 7) is 1.87. The number of aliphatic hydroxyl groups excluding tert-OH is 1. The van der Waals surface area contributed by atoms with E-state index in [0.717, 1.165) is 5.56 Å². The van der Waals surface area contributed by atoms with E-state index in [1.54, 1.807) is 37.4 Å². The molecule has 0 unspecified atom stereocenters. The molecular weight excluding hydrogens is 372 g/mol. The van der Waals surface area contributed by atoms with Gasteiger partial charge < -0.3 is 9.63 Å². The lowest BCUT2D eigenvalue weighted by atomic mass is 10.1. The topological polar surface area (TPSA) is 111 Å². The molecule has 0 spiro atoms. The van der Waals surface area contributed by atoms with Crippen molar-refractivity contribution in [3.8, 4) is 0 Å². The molecule has 27 heavy (non-hydrogen) atoms. The lowest BCUT2D eigenvalue weighted by molar-refractivity contribution is 0.174. The van der Waals surface area contributed by atoms with Crippen molar-refractivity contribution in [1.82, 2.24) is 29.5 Å². The molecule has 0 radical (unpaired) electrons. The quantitative estimate of drug-likeness (QED) is 0.554. The standard InChI is InChI=1S/C17H15ClN6O3/c1-10-7-19-24-16(10)17(26)23(9-20-24)8-15-21-14(22-27-15)6-13(25)11-2-4-12(18)5-3-11/h2-5,7,9,13,25H,6,8H2,1H3/t13-/m0/s1. The van der Waals surface area contributed by atoms with Crippen LogP contribution in [0, 0.1) is 6.92 Å². The van der Waals surface area contributed by atoms with Gasteiger partial charge in [0.2, 0.25) is 5.89 Å². The summed E-state index contributed by atoms with van der Waals surface area (Å²) in [6.07, 6.45) is 2.34. The predicted octanol–water partition coefficient (Wildman–Crippen LogP) is 1.56. The van der Waals surface area contributed by atoms with Gasteiger partial charge in [0.15, 0.2) is 11.3 Å². The molecule has 3 heterocycles. The molecule has 0 aliphatic heterocycles. The first-order chi connectivity index (χ1) is 13.0. The van der Waals surface area contributed by atoms with Gasteiger partial charge in [-0.1, -0.05) is 28.9 Å². The normalized spacial score (nSPS) is 12.6. The van der Waals surface area contributed by atoms with Crippen molar-refractivity contribution in [3.63, 3.8) is 0 Å². The van der Waals surface area contributed by atoms with Crippen LogP contribution in [0.4, 0.5) is 0 Å². The fourth-order valence-electron chi connectivity index (χ4n) is 2.73. The summed E-state index contributed by atoms with van der Waals surface area (Å²) in [5.74, 6) is 0.591. The molecule has 9 nitrogen and oxygen atoms in total. The van der Waals surface area contributed by atoms with Crippen LogP contribution in [-0.2, 0) is 13.0 Å². The van der Waals surface area contributed by atoms with Gasteiger partial charge in [0.05, 0.1) is 12.3 Å². The first kappa shape index (κ1) is 17.4. The molecule has 0 saturated heterocycles. The van der Waals surface area contributed by atoms with E-state index in [1.165, 1.54) is 15.5 Å². The SMILES string of the molecule is Cc1cnn2ncn(Cc3nc(C[C@H](O)c4ccc(Cl)cc4)no3)c(=O)c12. The Labute approximate surface area is 157 Å². The van der Waals surface area contributed by atoms with E-state index in [1.807, 2.05) is 0 Å². The van der Waals surface area contributed by atoms with Crippen molar-refractivity contribution in [1.29, 1.82) is 0 Å². The zero-order valence-electron chi connectivity index (χ0n) is 14.3. The van der Waals surface area contributed by atoms with E-state index >= 15 is 0 Å². The number of hydrogen-bond acceptors (Lipinski definition) is 7. The minimum Gasteiger partial charge on any atom is -0.388 e. The van der Waals surface area contributed by atoms with Crippen LogP contribution in [0.1, 0.15) is 28.9 Å². The summed E-state index contributed by atoms with van der Waals surface area (Å²) in [7, 11) is 0. The molecule has 0 aliphatic carbocycles. The van der Waals surface area contributed by atoms with E-state index in [-0.39, 0.29) is 24.4 Å². The highest BCUT2D eigenvalue weighted by atomic mass is 35.5. The maximum atomic E-state index is 12.5. The number of hydrogen-bond donors (Lipinski definition) is 1. The van der Waals surface area contributed by atoms with Crippen molar-refractivity contribution in [3.05, 3.63) is 75.0 Å². The molecule has 1 aromatic carbocycles. The van der Waals surface area contributed by atoms with E-state index in [0.29, 0.717) is 21.9 Å². The molecule has 0 amide bonds. The largest absolute Gasteiger partial charge is 0.388 e. The Bertz CT molecular complexity index is 1150. The zero-order valence-corrected chi connectivity index (χ0v) is 15.0. The maximum absolute atomic E-state index is 12.5. The average molecular weight is 387 g/mol. The Kier molecular flexibility index (Phi) is 4.46. The molecule has 10 heteroatoms. The molecular formula is C17H15ClN6O3. The van der Waals surface area contributed by atoms with Crippen molar-refractivity contribution in [2.75, 3.05) is 0 Å². The molecule has 4 rings (SSSR count). The van der Waals surface area contributed by atoms with Gasteiger partial charge in [-0.25, -0.2) is 0 Å². The molecule has 1 atom stereocenters. The van der Waals surface area contributed by atoms with E-state index in [2.05, 4.69) is 20.3 Å². The van der Waals surface area contributed by atoms with Crippen LogP contribution in [0.2, 0.25) is 5.02 Å². The van der Waals surface area contributed by atoms with E-state index in [4.69, 9.17) is 16.1 Å². The van der Waals surface area contributed by atoms with E-state index in [9.17, 15) is 9.90 Å². The minimum atomic E-state index is -0.789. The number of nitrogens with zero attached hydrogens (tertiary/aromatic N) is 6. The number of aliphatic hydroxyl groups is 1. The molecule has 3 aromatic heterocycles. The summed E-state index contributed by atoms with van der Waals surface area (Å²) >= 11 is 5.85. The Hall–Kier alpha value is -3.04. The highest BCUT2D eigenvalue weighted by Crippen LogP contribution is 2.19. The number of rotatable bonds is 5. The van der Waals surface area contributed by atoms with Gasteiger partial charge in [0.25, 0.3) is 5.56 Å². The molecule has 0 aliphatic rings. The summed E-state index contributed by atoms with van der Waals surface area (Å²) in [4.78, 5) is 16.8. The lowest BCUT2D eigenvalue weighted by Gasteiger charge is -2.08. The Balaban J connectivity index is 1.51. The van der Waals surface area contributed by atoms with Gasteiger partial charge in [-0.05, 0) is 24.6 Å². The molecule has 4 aromatic rings. The van der Waals surface area contributed by atoms with Crippen molar-refractivity contribution in [2.45, 2.75) is 26.0 Å². The summed E-state index contributed by atoms with van der Waals surface area (Å²) < 4.78 is 7.86. The number of halogens is 1. The number of aryl methyl sites for hydroxylation is 1. The predicted molar refractivity (Wildman–Crippen MR) is 95.5 cm³/mol. The second-order valence-electron chi connectivity index (χ2n) is 6.11. The Morgan fingerprint density at radius 3 is 2.81 bits per heavy atom. The first-order valence-corrected chi connectivity index (χ1v) is 8.54. The molecule has 138 valence electrons. The Morgan fingerprint density at radius 2 is 2.04 bits per heavy atom. The summed E-state index contributed by atoms with van der Waals surface area (Å²) in [5, 5.41) is 22.8. The van der Waals surface area contributed by atoms with Crippen molar-refractivity contribution < 1.29 is 9.63 Å². The van der Waals surface area contributed by atoms with Crippen LogP contribution in [0.5, 0.6) is 0 Å². The van der Waals surface area contributed by atoms with Crippen LogP contribution in [0.15, 0.2) is 46.1 Å². The highest BCUT2D eigenvalue weighted by molar-refractivity contribution is 6.30. The van der Waals surface area contributed by atoms with Gasteiger partial charge in [0.1, 0.15) is 12.9 Å². The van der Waals surface area contributed by atoms with Crippen LogP contribution in [0.3, 0.4) is 0 Å². The Morgan fingerprint density at radius 1 is 1.26 bits per heavy atom. The van der Waals surface area contributed by atoms with Gasteiger partial charge >= 0.3 is 0 Å². The van der Waals surface area contributed by atoms with Crippen LogP contribution in [0.25, 0.3) is 5.52 Å². The van der Waals surface area contributed by atoms with Crippen molar-refractivity contribution in [2.24, 2.45) is 0 Å². The third-order valence-corrected chi connectivity index (χ3v) is 4.40. The molecule has 0 bridgehead atoms. The molecule has 0 saturated carbocycles. The van der Waals surface area contributed by atoms with Gasteiger partial charge in [-0.3, -0.25) is 9.36 Å². The monoisotopic (exact) mass is 386 g/mol.